The van der Waals surface area contributed by atoms with Crippen molar-refractivity contribution in [2.24, 2.45) is 9.98 Å². The van der Waals surface area contributed by atoms with Gasteiger partial charge in [0, 0.05) is 6.54 Å². The van der Waals surface area contributed by atoms with Gasteiger partial charge in [0.05, 0.1) is 0 Å². The Bertz CT molecular complexity index is 823. The van der Waals surface area contributed by atoms with Crippen molar-refractivity contribution in [2.75, 3.05) is 5.32 Å². The largest absolute Gasteiger partial charge is 0.366 e. The molecule has 1 aromatic heterocycles. The third-order valence-electron chi connectivity index (χ3n) is 4.54. The van der Waals surface area contributed by atoms with Crippen molar-refractivity contribution in [2.45, 2.75) is 44.3 Å². The summed E-state index contributed by atoms with van der Waals surface area (Å²) in [4.78, 5) is 14.2. The van der Waals surface area contributed by atoms with E-state index in [9.17, 15) is 4.39 Å². The van der Waals surface area contributed by atoms with E-state index < -0.39 is 0 Å². The predicted octanol–water partition coefficient (Wildman–Crippen LogP) is 2.75. The zero-order valence-corrected chi connectivity index (χ0v) is 12.9. The van der Waals surface area contributed by atoms with Gasteiger partial charge in [-0.15, -0.1) is 0 Å². The second-order valence-electron chi connectivity index (χ2n) is 6.29. The smallest absolute Gasteiger partial charge is 0.177 e. The topological polar surface area (TPSA) is 49.6 Å². The van der Waals surface area contributed by atoms with Crippen LogP contribution in [0.25, 0.3) is 0 Å². The summed E-state index contributed by atoms with van der Waals surface area (Å²) in [6.07, 6.45) is 5.72. The SMILES string of the molecule is Fc1ccc(CNc2ccc3c(n2)=NC2(CCCCC2)N=3)cc1. The highest BCUT2D eigenvalue weighted by molar-refractivity contribution is 5.35. The molecule has 0 atom stereocenters. The van der Waals surface area contributed by atoms with Crippen LogP contribution in [-0.2, 0) is 6.54 Å². The lowest BCUT2D eigenvalue weighted by atomic mass is 9.90. The van der Waals surface area contributed by atoms with E-state index in [1.54, 1.807) is 12.1 Å². The van der Waals surface area contributed by atoms with Gasteiger partial charge in [-0.1, -0.05) is 18.6 Å². The van der Waals surface area contributed by atoms with Gasteiger partial charge in [0.2, 0.25) is 0 Å². The number of fused-ring (bicyclic) bond motifs is 1. The number of benzene rings is 1. The minimum atomic E-state index is -0.247. The van der Waals surface area contributed by atoms with E-state index in [1.807, 2.05) is 12.1 Å². The molecule has 1 aliphatic carbocycles. The number of anilines is 1. The Morgan fingerprint density at radius 1 is 0.957 bits per heavy atom. The molecule has 1 saturated carbocycles. The first-order valence-electron chi connectivity index (χ1n) is 8.18. The number of pyridine rings is 1. The van der Waals surface area contributed by atoms with Crippen LogP contribution in [0.1, 0.15) is 37.7 Å². The standard InChI is InChI=1S/C18H19FN4/c19-14-6-4-13(5-7-14)12-20-16-9-8-15-17(21-16)23-18(22-15)10-2-1-3-11-18/h4-9H,1-3,10-12H2,(H,20,21,23). The molecule has 1 spiro atoms. The highest BCUT2D eigenvalue weighted by atomic mass is 19.1. The van der Waals surface area contributed by atoms with E-state index in [2.05, 4.69) is 10.3 Å². The van der Waals surface area contributed by atoms with E-state index in [4.69, 9.17) is 9.98 Å². The van der Waals surface area contributed by atoms with Gasteiger partial charge in [-0.2, -0.15) is 0 Å². The molecular formula is C18H19FN4. The average Bonchev–Trinajstić information content (AvgIpc) is 2.91. The van der Waals surface area contributed by atoms with Gasteiger partial charge in [-0.05, 0) is 55.5 Å². The number of nitrogens with one attached hydrogen (secondary N) is 1. The highest BCUT2D eigenvalue weighted by Gasteiger charge is 2.33. The maximum absolute atomic E-state index is 12.9. The van der Waals surface area contributed by atoms with Crippen LogP contribution in [0.4, 0.5) is 10.2 Å². The lowest BCUT2D eigenvalue weighted by molar-refractivity contribution is 0.308. The number of aromatic nitrogens is 1. The number of nitrogens with zero attached hydrogens (tertiary/aromatic N) is 3. The second-order valence-corrected chi connectivity index (χ2v) is 6.29. The molecule has 0 unspecified atom stereocenters. The molecule has 1 aliphatic heterocycles. The Morgan fingerprint density at radius 2 is 1.74 bits per heavy atom. The highest BCUT2D eigenvalue weighted by Crippen LogP contribution is 2.32. The third-order valence-corrected chi connectivity index (χ3v) is 4.54. The van der Waals surface area contributed by atoms with Crippen LogP contribution in [0.5, 0.6) is 0 Å². The van der Waals surface area contributed by atoms with Gasteiger partial charge in [0.15, 0.2) is 11.2 Å². The van der Waals surface area contributed by atoms with Gasteiger partial charge in [0.1, 0.15) is 17.0 Å². The van der Waals surface area contributed by atoms with E-state index in [1.165, 1.54) is 31.4 Å². The molecule has 2 aromatic rings. The summed E-state index contributed by atoms with van der Waals surface area (Å²) >= 11 is 0. The Morgan fingerprint density at radius 3 is 2.52 bits per heavy atom. The molecule has 1 N–H and O–H groups in total. The number of hydrogen-bond acceptors (Lipinski definition) is 4. The third kappa shape index (κ3) is 2.96. The maximum Gasteiger partial charge on any atom is 0.177 e. The second kappa shape index (κ2) is 5.72. The summed E-state index contributed by atoms with van der Waals surface area (Å²) in [7, 11) is 0. The minimum absolute atomic E-state index is 0.220. The van der Waals surface area contributed by atoms with Crippen molar-refractivity contribution < 1.29 is 4.39 Å². The van der Waals surface area contributed by atoms with Crippen LogP contribution in [0, 0.1) is 5.82 Å². The number of hydrogen-bond donors (Lipinski definition) is 1. The predicted molar refractivity (Wildman–Crippen MR) is 86.1 cm³/mol. The van der Waals surface area contributed by atoms with Crippen molar-refractivity contribution >= 4 is 5.82 Å². The zero-order chi connectivity index (χ0) is 15.7. The van der Waals surface area contributed by atoms with Crippen molar-refractivity contribution in [3.05, 3.63) is 58.6 Å². The first-order valence-corrected chi connectivity index (χ1v) is 8.18. The average molecular weight is 310 g/mol. The first kappa shape index (κ1) is 14.3. The first-order chi connectivity index (χ1) is 11.2. The minimum Gasteiger partial charge on any atom is -0.366 e. The Labute approximate surface area is 134 Å². The van der Waals surface area contributed by atoms with Gasteiger partial charge in [-0.25, -0.2) is 14.4 Å². The molecular weight excluding hydrogens is 291 g/mol. The molecule has 4 rings (SSSR count). The molecule has 1 fully saturated rings. The summed E-state index contributed by atoms with van der Waals surface area (Å²) < 4.78 is 12.9. The van der Waals surface area contributed by atoms with Crippen LogP contribution in [-0.4, -0.2) is 10.6 Å². The molecule has 0 amide bonds. The fourth-order valence-electron chi connectivity index (χ4n) is 3.29. The van der Waals surface area contributed by atoms with Crippen molar-refractivity contribution in [1.82, 2.24) is 4.98 Å². The monoisotopic (exact) mass is 310 g/mol. The summed E-state index contributed by atoms with van der Waals surface area (Å²) in [6, 6.07) is 10.4. The molecule has 23 heavy (non-hydrogen) atoms. The Kier molecular flexibility index (Phi) is 3.56. The molecule has 4 nitrogen and oxygen atoms in total. The maximum atomic E-state index is 12.9. The molecule has 1 aromatic carbocycles. The van der Waals surface area contributed by atoms with E-state index in [-0.39, 0.29) is 11.5 Å². The quantitative estimate of drug-likeness (QED) is 0.947. The van der Waals surface area contributed by atoms with Crippen LogP contribution in [0.2, 0.25) is 0 Å². The van der Waals surface area contributed by atoms with Gasteiger partial charge < -0.3 is 5.32 Å². The zero-order valence-electron chi connectivity index (χ0n) is 12.9. The normalized spacial score (nSPS) is 18.1. The van der Waals surface area contributed by atoms with E-state index in [0.29, 0.717) is 6.54 Å². The van der Waals surface area contributed by atoms with E-state index >= 15 is 0 Å². The lowest BCUT2D eigenvalue weighted by Crippen LogP contribution is -2.26. The Balaban J connectivity index is 1.53. The number of rotatable bonds is 3. The van der Waals surface area contributed by atoms with Crippen LogP contribution < -0.4 is 16.2 Å². The molecule has 0 saturated heterocycles. The van der Waals surface area contributed by atoms with Crippen molar-refractivity contribution in [3.63, 3.8) is 0 Å². The fraction of sp³-hybridized carbons (Fsp3) is 0.389. The summed E-state index contributed by atoms with van der Waals surface area (Å²) in [6.45, 7) is 0.606. The summed E-state index contributed by atoms with van der Waals surface area (Å²) in [5.41, 5.74) is 1.51. The fourth-order valence-corrected chi connectivity index (χ4v) is 3.29. The van der Waals surface area contributed by atoms with Crippen LogP contribution in [0.3, 0.4) is 0 Å². The van der Waals surface area contributed by atoms with Crippen molar-refractivity contribution in [1.29, 1.82) is 0 Å². The van der Waals surface area contributed by atoms with Crippen LogP contribution in [0.15, 0.2) is 46.4 Å². The molecule has 2 heterocycles. The molecule has 118 valence electrons. The van der Waals surface area contributed by atoms with Crippen molar-refractivity contribution in [3.8, 4) is 0 Å². The summed E-state index contributed by atoms with van der Waals surface area (Å²) in [5, 5.41) is 4.17. The molecule has 0 radical (unpaired) electrons. The van der Waals surface area contributed by atoms with Gasteiger partial charge >= 0.3 is 0 Å². The molecule has 5 heteroatoms. The Hall–Kier alpha value is -2.30. The number of halogens is 1. The van der Waals surface area contributed by atoms with Crippen LogP contribution >= 0.6 is 0 Å². The lowest BCUT2D eigenvalue weighted by Gasteiger charge is -2.26. The van der Waals surface area contributed by atoms with Gasteiger partial charge in [-0.3, -0.25) is 4.99 Å². The van der Waals surface area contributed by atoms with Gasteiger partial charge in [0.25, 0.3) is 0 Å². The summed E-state index contributed by atoms with van der Waals surface area (Å²) in [5.74, 6) is 0.558. The van der Waals surface area contributed by atoms with E-state index in [0.717, 1.165) is 35.1 Å². The molecule has 2 aliphatic rings. The molecule has 0 bridgehead atoms.